The Hall–Kier alpha value is -3.81. The first-order chi connectivity index (χ1) is 14.0. The van der Waals surface area contributed by atoms with Crippen LogP contribution in [-0.4, -0.2) is 32.2 Å². The quantitative estimate of drug-likeness (QED) is 0.621. The smallest absolute Gasteiger partial charge is 0.256 e. The number of pyridine rings is 1. The summed E-state index contributed by atoms with van der Waals surface area (Å²) in [6.07, 6.45) is 1.56. The first-order valence-electron chi connectivity index (χ1n) is 8.64. The van der Waals surface area contributed by atoms with Crippen LogP contribution in [0.3, 0.4) is 0 Å². The zero-order valence-electron chi connectivity index (χ0n) is 16.2. The Kier molecular flexibility index (Phi) is 6.13. The highest BCUT2D eigenvalue weighted by atomic mass is 19.1. The molecule has 0 unspecified atom stereocenters. The number of anilines is 3. The first-order valence-corrected chi connectivity index (χ1v) is 8.64. The van der Waals surface area contributed by atoms with Crippen LogP contribution in [0.25, 0.3) is 0 Å². The molecule has 0 atom stereocenters. The number of halogens is 1. The lowest BCUT2D eigenvalue weighted by molar-refractivity contribution is 0.102. The van der Waals surface area contributed by atoms with Gasteiger partial charge in [-0.2, -0.15) is 0 Å². The van der Waals surface area contributed by atoms with Gasteiger partial charge in [0, 0.05) is 23.4 Å². The molecule has 150 valence electrons. The van der Waals surface area contributed by atoms with Crippen LogP contribution in [0.15, 0.2) is 54.7 Å². The Balaban J connectivity index is 1.73. The molecular formula is C21H20FN3O4. The summed E-state index contributed by atoms with van der Waals surface area (Å²) in [4.78, 5) is 16.4. The maximum absolute atomic E-state index is 13.3. The molecule has 0 saturated heterocycles. The zero-order chi connectivity index (χ0) is 20.8. The Labute approximate surface area is 167 Å². The van der Waals surface area contributed by atoms with Crippen molar-refractivity contribution < 1.29 is 23.4 Å². The fourth-order valence-electron chi connectivity index (χ4n) is 2.68. The summed E-state index contributed by atoms with van der Waals surface area (Å²) in [7, 11) is 4.62. The van der Waals surface area contributed by atoms with E-state index in [4.69, 9.17) is 14.2 Å². The predicted molar refractivity (Wildman–Crippen MR) is 108 cm³/mol. The van der Waals surface area contributed by atoms with Crippen molar-refractivity contribution in [2.75, 3.05) is 32.0 Å². The normalized spacial score (nSPS) is 10.2. The van der Waals surface area contributed by atoms with Crippen molar-refractivity contribution in [2.45, 2.75) is 0 Å². The average Bonchev–Trinajstić information content (AvgIpc) is 2.74. The lowest BCUT2D eigenvalue weighted by Crippen LogP contribution is -2.13. The van der Waals surface area contributed by atoms with E-state index in [9.17, 15) is 9.18 Å². The monoisotopic (exact) mass is 397 g/mol. The van der Waals surface area contributed by atoms with Crippen LogP contribution in [0.5, 0.6) is 17.2 Å². The van der Waals surface area contributed by atoms with E-state index in [2.05, 4.69) is 15.6 Å². The summed E-state index contributed by atoms with van der Waals surface area (Å²) < 4.78 is 29.2. The third-order valence-electron chi connectivity index (χ3n) is 4.05. The molecule has 1 amide bonds. The van der Waals surface area contributed by atoms with Crippen molar-refractivity contribution in [3.05, 3.63) is 66.1 Å². The van der Waals surface area contributed by atoms with Gasteiger partial charge in [-0.15, -0.1) is 0 Å². The van der Waals surface area contributed by atoms with Gasteiger partial charge in [-0.1, -0.05) is 6.07 Å². The summed E-state index contributed by atoms with van der Waals surface area (Å²) in [5.41, 5.74) is 1.60. The fourth-order valence-corrected chi connectivity index (χ4v) is 2.68. The number of hydrogen-bond donors (Lipinski definition) is 2. The zero-order valence-corrected chi connectivity index (χ0v) is 16.2. The maximum Gasteiger partial charge on any atom is 0.256 e. The van der Waals surface area contributed by atoms with Gasteiger partial charge in [-0.05, 0) is 30.3 Å². The van der Waals surface area contributed by atoms with Gasteiger partial charge in [0.2, 0.25) is 5.75 Å². The number of benzene rings is 2. The molecule has 29 heavy (non-hydrogen) atoms. The van der Waals surface area contributed by atoms with E-state index in [0.29, 0.717) is 34.4 Å². The standard InChI is InChI=1S/C21H20FN3O4/c1-27-17-10-16(11-18(28-2)20(17)29-3)24-15-7-8-19(23-12-15)25-21(26)13-5-4-6-14(22)9-13/h4-12,24H,1-3H3,(H,23,25,26). The van der Waals surface area contributed by atoms with Crippen LogP contribution in [0.4, 0.5) is 21.6 Å². The van der Waals surface area contributed by atoms with E-state index in [0.717, 1.165) is 6.07 Å². The summed E-state index contributed by atoms with van der Waals surface area (Å²) in [5, 5.41) is 5.81. The second-order valence-electron chi connectivity index (χ2n) is 5.94. The second kappa shape index (κ2) is 8.92. The van der Waals surface area contributed by atoms with Gasteiger partial charge in [-0.3, -0.25) is 4.79 Å². The molecule has 1 aromatic heterocycles. The Morgan fingerprint density at radius 1 is 0.931 bits per heavy atom. The molecule has 0 bridgehead atoms. The fraction of sp³-hybridized carbons (Fsp3) is 0.143. The number of amides is 1. The summed E-state index contributed by atoms with van der Waals surface area (Å²) in [6.45, 7) is 0. The lowest BCUT2D eigenvalue weighted by atomic mass is 10.2. The number of ether oxygens (including phenoxy) is 3. The molecule has 7 nitrogen and oxygen atoms in total. The topological polar surface area (TPSA) is 81.7 Å². The van der Waals surface area contributed by atoms with E-state index >= 15 is 0 Å². The number of methoxy groups -OCH3 is 3. The van der Waals surface area contributed by atoms with Crippen molar-refractivity contribution in [3.8, 4) is 17.2 Å². The summed E-state index contributed by atoms with van der Waals surface area (Å²) in [5.74, 6) is 0.948. The summed E-state index contributed by atoms with van der Waals surface area (Å²) >= 11 is 0. The van der Waals surface area contributed by atoms with Gasteiger partial charge in [0.25, 0.3) is 5.91 Å². The summed E-state index contributed by atoms with van der Waals surface area (Å²) in [6, 6.07) is 12.4. The van der Waals surface area contributed by atoms with Gasteiger partial charge in [-0.25, -0.2) is 9.37 Å². The number of nitrogens with zero attached hydrogens (tertiary/aromatic N) is 1. The van der Waals surface area contributed by atoms with Crippen molar-refractivity contribution in [1.29, 1.82) is 0 Å². The van der Waals surface area contributed by atoms with E-state index in [1.807, 2.05) is 0 Å². The SMILES string of the molecule is COc1cc(Nc2ccc(NC(=O)c3cccc(F)c3)nc2)cc(OC)c1OC. The third kappa shape index (κ3) is 4.73. The molecule has 2 aromatic carbocycles. The number of nitrogens with one attached hydrogen (secondary N) is 2. The molecule has 2 N–H and O–H groups in total. The number of rotatable bonds is 7. The van der Waals surface area contributed by atoms with Crippen LogP contribution in [-0.2, 0) is 0 Å². The van der Waals surface area contributed by atoms with Crippen LogP contribution in [0.2, 0.25) is 0 Å². The number of carbonyl (C=O) groups excluding carboxylic acids is 1. The molecule has 0 aliphatic carbocycles. The molecule has 0 radical (unpaired) electrons. The number of carbonyl (C=O) groups is 1. The Morgan fingerprint density at radius 3 is 2.21 bits per heavy atom. The lowest BCUT2D eigenvalue weighted by Gasteiger charge is -2.15. The molecular weight excluding hydrogens is 377 g/mol. The predicted octanol–water partition coefficient (Wildman–Crippen LogP) is 4.24. The molecule has 0 spiro atoms. The first kappa shape index (κ1) is 19.9. The Bertz CT molecular complexity index is 984. The van der Waals surface area contributed by atoms with Crippen LogP contribution >= 0.6 is 0 Å². The number of hydrogen-bond acceptors (Lipinski definition) is 6. The van der Waals surface area contributed by atoms with Gasteiger partial charge in [0.1, 0.15) is 11.6 Å². The maximum atomic E-state index is 13.3. The average molecular weight is 397 g/mol. The minimum Gasteiger partial charge on any atom is -0.493 e. The highest BCUT2D eigenvalue weighted by molar-refractivity contribution is 6.03. The second-order valence-corrected chi connectivity index (χ2v) is 5.94. The molecule has 0 fully saturated rings. The number of aromatic nitrogens is 1. The molecule has 8 heteroatoms. The van der Waals surface area contributed by atoms with Crippen molar-refractivity contribution >= 4 is 23.1 Å². The molecule has 3 aromatic rings. The third-order valence-corrected chi connectivity index (χ3v) is 4.05. The highest BCUT2D eigenvalue weighted by Gasteiger charge is 2.13. The van der Waals surface area contributed by atoms with E-state index in [-0.39, 0.29) is 5.56 Å². The molecule has 0 aliphatic heterocycles. The molecule has 0 aliphatic rings. The molecule has 0 saturated carbocycles. The molecule has 3 rings (SSSR count). The van der Waals surface area contributed by atoms with E-state index in [1.54, 1.807) is 44.7 Å². The van der Waals surface area contributed by atoms with Crippen LogP contribution < -0.4 is 24.8 Å². The van der Waals surface area contributed by atoms with Gasteiger partial charge >= 0.3 is 0 Å². The highest BCUT2D eigenvalue weighted by Crippen LogP contribution is 2.40. The van der Waals surface area contributed by atoms with Gasteiger partial charge < -0.3 is 24.8 Å². The minimum atomic E-state index is -0.476. The largest absolute Gasteiger partial charge is 0.493 e. The molecule has 1 heterocycles. The Morgan fingerprint density at radius 2 is 1.66 bits per heavy atom. The van der Waals surface area contributed by atoms with E-state index < -0.39 is 11.7 Å². The van der Waals surface area contributed by atoms with Crippen LogP contribution in [0.1, 0.15) is 10.4 Å². The van der Waals surface area contributed by atoms with Crippen molar-refractivity contribution in [3.63, 3.8) is 0 Å². The van der Waals surface area contributed by atoms with Crippen molar-refractivity contribution in [2.24, 2.45) is 0 Å². The van der Waals surface area contributed by atoms with E-state index in [1.165, 1.54) is 25.3 Å². The van der Waals surface area contributed by atoms with Crippen LogP contribution in [0, 0.1) is 5.82 Å². The van der Waals surface area contributed by atoms with Gasteiger partial charge in [0.05, 0.1) is 33.2 Å². The van der Waals surface area contributed by atoms with Crippen molar-refractivity contribution in [1.82, 2.24) is 4.98 Å². The van der Waals surface area contributed by atoms with Gasteiger partial charge in [0.15, 0.2) is 11.5 Å². The minimum absolute atomic E-state index is 0.214.